The third-order valence-electron chi connectivity index (χ3n) is 3.85. The predicted molar refractivity (Wildman–Crippen MR) is 84.6 cm³/mol. The monoisotopic (exact) mass is 309 g/mol. The van der Waals surface area contributed by atoms with Crippen LogP contribution in [0, 0.1) is 12.8 Å². The number of hydrogen-bond acceptors (Lipinski definition) is 5. The van der Waals surface area contributed by atoms with Gasteiger partial charge in [0.25, 0.3) is 0 Å². The van der Waals surface area contributed by atoms with Crippen molar-refractivity contribution in [2.24, 2.45) is 10.9 Å². The van der Waals surface area contributed by atoms with E-state index in [4.69, 9.17) is 9.26 Å². The molecule has 124 valence electrons. The lowest BCUT2D eigenvalue weighted by Crippen LogP contribution is -2.40. The zero-order valence-corrected chi connectivity index (χ0v) is 13.8. The molecule has 1 aliphatic rings. The van der Waals surface area contributed by atoms with Crippen LogP contribution in [0.3, 0.4) is 0 Å². The van der Waals surface area contributed by atoms with Crippen molar-refractivity contribution in [3.63, 3.8) is 0 Å². The van der Waals surface area contributed by atoms with Crippen LogP contribution in [0.25, 0.3) is 0 Å². The first kappa shape index (κ1) is 16.7. The van der Waals surface area contributed by atoms with Crippen LogP contribution < -0.4 is 5.32 Å². The first-order valence-corrected chi connectivity index (χ1v) is 8.05. The summed E-state index contributed by atoms with van der Waals surface area (Å²) in [6.07, 6.45) is 3.51. The highest BCUT2D eigenvalue weighted by Gasteiger charge is 2.15. The van der Waals surface area contributed by atoms with Crippen molar-refractivity contribution in [3.8, 4) is 0 Å². The maximum Gasteiger partial charge on any atom is 0.223 e. The lowest BCUT2D eigenvalue weighted by atomic mass is 9.96. The SMILES string of the molecule is CCNC(=NCc1noc(C)n1)N(C)CCC1CCOCC1. The van der Waals surface area contributed by atoms with E-state index < -0.39 is 0 Å². The van der Waals surface area contributed by atoms with E-state index in [1.165, 1.54) is 19.3 Å². The van der Waals surface area contributed by atoms with Crippen molar-refractivity contribution >= 4 is 5.96 Å². The molecule has 0 bridgehead atoms. The molecule has 7 nitrogen and oxygen atoms in total. The molecule has 2 rings (SSSR count). The quantitative estimate of drug-likeness (QED) is 0.635. The van der Waals surface area contributed by atoms with E-state index in [-0.39, 0.29) is 0 Å². The minimum absolute atomic E-state index is 0.432. The van der Waals surface area contributed by atoms with Gasteiger partial charge in [0.1, 0.15) is 6.54 Å². The van der Waals surface area contributed by atoms with Crippen LogP contribution in [0.4, 0.5) is 0 Å². The fourth-order valence-corrected chi connectivity index (χ4v) is 2.54. The van der Waals surface area contributed by atoms with Gasteiger partial charge in [0.05, 0.1) is 0 Å². The molecule has 0 saturated carbocycles. The van der Waals surface area contributed by atoms with Crippen molar-refractivity contribution in [3.05, 3.63) is 11.7 Å². The average molecular weight is 309 g/mol. The van der Waals surface area contributed by atoms with E-state index in [9.17, 15) is 0 Å². The number of aryl methyl sites for hydroxylation is 1. The van der Waals surface area contributed by atoms with Crippen molar-refractivity contribution < 1.29 is 9.26 Å². The normalized spacial score (nSPS) is 16.8. The van der Waals surface area contributed by atoms with Crippen LogP contribution in [0.5, 0.6) is 0 Å². The average Bonchev–Trinajstić information content (AvgIpc) is 2.95. The zero-order chi connectivity index (χ0) is 15.8. The van der Waals surface area contributed by atoms with E-state index in [1.807, 2.05) is 0 Å². The molecule has 0 aliphatic carbocycles. The van der Waals surface area contributed by atoms with Gasteiger partial charge >= 0.3 is 0 Å². The molecule has 2 heterocycles. The highest BCUT2D eigenvalue weighted by Crippen LogP contribution is 2.18. The molecule has 0 radical (unpaired) electrons. The molecule has 1 aliphatic heterocycles. The summed E-state index contributed by atoms with van der Waals surface area (Å²) in [4.78, 5) is 10.9. The Kier molecular flexibility index (Phi) is 6.64. The molecular formula is C15H27N5O2. The Labute approximate surface area is 132 Å². The minimum Gasteiger partial charge on any atom is -0.381 e. The molecule has 0 aromatic carbocycles. The summed E-state index contributed by atoms with van der Waals surface area (Å²) in [5.41, 5.74) is 0. The smallest absolute Gasteiger partial charge is 0.223 e. The molecule has 1 saturated heterocycles. The molecule has 1 aromatic rings. The Morgan fingerprint density at radius 1 is 1.41 bits per heavy atom. The molecule has 0 unspecified atom stereocenters. The Morgan fingerprint density at radius 2 is 2.18 bits per heavy atom. The fourth-order valence-electron chi connectivity index (χ4n) is 2.54. The van der Waals surface area contributed by atoms with Gasteiger partial charge in [0.2, 0.25) is 5.89 Å². The summed E-state index contributed by atoms with van der Waals surface area (Å²) >= 11 is 0. The third kappa shape index (κ3) is 5.29. The predicted octanol–water partition coefficient (Wildman–Crippen LogP) is 1.59. The minimum atomic E-state index is 0.432. The zero-order valence-electron chi connectivity index (χ0n) is 13.8. The second-order valence-electron chi connectivity index (χ2n) is 5.67. The molecule has 0 atom stereocenters. The number of hydrogen-bond donors (Lipinski definition) is 1. The number of aliphatic imine (C=N–C) groups is 1. The van der Waals surface area contributed by atoms with Gasteiger partial charge < -0.3 is 19.5 Å². The van der Waals surface area contributed by atoms with E-state index in [1.54, 1.807) is 6.92 Å². The van der Waals surface area contributed by atoms with Gasteiger partial charge in [-0.05, 0) is 32.1 Å². The van der Waals surface area contributed by atoms with Gasteiger partial charge in [-0.3, -0.25) is 0 Å². The number of nitrogens with one attached hydrogen (secondary N) is 1. The standard InChI is InChI=1S/C15H27N5O2/c1-4-16-15(17-11-14-18-12(2)22-19-14)20(3)8-5-13-6-9-21-10-7-13/h13H,4-11H2,1-3H3,(H,16,17). The Hall–Kier alpha value is -1.63. The van der Waals surface area contributed by atoms with Crippen LogP contribution in [0.2, 0.25) is 0 Å². The number of nitrogens with zero attached hydrogens (tertiary/aromatic N) is 4. The third-order valence-corrected chi connectivity index (χ3v) is 3.85. The lowest BCUT2D eigenvalue weighted by molar-refractivity contribution is 0.0625. The van der Waals surface area contributed by atoms with Gasteiger partial charge in [-0.1, -0.05) is 5.16 Å². The summed E-state index contributed by atoms with van der Waals surface area (Å²) in [5.74, 6) is 2.84. The number of guanidine groups is 1. The van der Waals surface area contributed by atoms with Crippen LogP contribution in [0.1, 0.15) is 37.9 Å². The second-order valence-corrected chi connectivity index (χ2v) is 5.67. The summed E-state index contributed by atoms with van der Waals surface area (Å²) in [5, 5.41) is 7.19. The Balaban J connectivity index is 1.84. The molecule has 22 heavy (non-hydrogen) atoms. The molecule has 1 N–H and O–H groups in total. The van der Waals surface area contributed by atoms with Crippen LogP contribution >= 0.6 is 0 Å². The molecule has 0 spiro atoms. The first-order chi connectivity index (χ1) is 10.7. The summed E-state index contributed by atoms with van der Waals surface area (Å²) in [6, 6.07) is 0. The highest BCUT2D eigenvalue weighted by atomic mass is 16.5. The Bertz CT molecular complexity index is 468. The van der Waals surface area contributed by atoms with E-state index in [0.29, 0.717) is 18.3 Å². The lowest BCUT2D eigenvalue weighted by Gasteiger charge is -2.26. The first-order valence-electron chi connectivity index (χ1n) is 8.05. The van der Waals surface area contributed by atoms with Gasteiger partial charge in [-0.15, -0.1) is 0 Å². The van der Waals surface area contributed by atoms with Crippen molar-refractivity contribution in [1.82, 2.24) is 20.4 Å². The van der Waals surface area contributed by atoms with E-state index in [2.05, 4.69) is 39.3 Å². The summed E-state index contributed by atoms with van der Waals surface area (Å²) in [7, 11) is 2.07. The second kappa shape index (κ2) is 8.73. The molecule has 1 aromatic heterocycles. The van der Waals surface area contributed by atoms with Crippen molar-refractivity contribution in [1.29, 1.82) is 0 Å². The molecule has 0 amide bonds. The maximum absolute atomic E-state index is 5.41. The highest BCUT2D eigenvalue weighted by molar-refractivity contribution is 5.79. The maximum atomic E-state index is 5.41. The van der Waals surface area contributed by atoms with Crippen LogP contribution in [-0.4, -0.2) is 54.4 Å². The number of rotatable bonds is 6. The van der Waals surface area contributed by atoms with Gasteiger partial charge in [0, 0.05) is 40.3 Å². The Morgan fingerprint density at radius 3 is 2.82 bits per heavy atom. The van der Waals surface area contributed by atoms with Crippen molar-refractivity contribution in [2.45, 2.75) is 39.7 Å². The molecule has 1 fully saturated rings. The number of ether oxygens (including phenoxy) is 1. The fraction of sp³-hybridized carbons (Fsp3) is 0.800. The topological polar surface area (TPSA) is 75.8 Å². The van der Waals surface area contributed by atoms with Crippen molar-refractivity contribution in [2.75, 3.05) is 33.4 Å². The van der Waals surface area contributed by atoms with Gasteiger partial charge in [0.15, 0.2) is 11.8 Å². The van der Waals surface area contributed by atoms with E-state index in [0.717, 1.165) is 38.2 Å². The largest absolute Gasteiger partial charge is 0.381 e. The molecular weight excluding hydrogens is 282 g/mol. The number of aromatic nitrogens is 2. The summed E-state index contributed by atoms with van der Waals surface area (Å²) < 4.78 is 10.4. The van der Waals surface area contributed by atoms with Gasteiger partial charge in [-0.2, -0.15) is 4.98 Å². The van der Waals surface area contributed by atoms with Crippen LogP contribution in [-0.2, 0) is 11.3 Å². The van der Waals surface area contributed by atoms with Gasteiger partial charge in [-0.25, -0.2) is 4.99 Å². The summed E-state index contributed by atoms with van der Waals surface area (Å²) in [6.45, 7) is 7.92. The van der Waals surface area contributed by atoms with Crippen LogP contribution in [0.15, 0.2) is 9.52 Å². The van der Waals surface area contributed by atoms with E-state index >= 15 is 0 Å². The molecule has 7 heteroatoms.